The molecule has 1 aliphatic rings. The van der Waals surface area contributed by atoms with Crippen LogP contribution in [0.5, 0.6) is 0 Å². The first-order valence-electron chi connectivity index (χ1n) is 9.56. The van der Waals surface area contributed by atoms with Crippen molar-refractivity contribution >= 4 is 22.4 Å². The average molecular weight is 422 g/mol. The van der Waals surface area contributed by atoms with Crippen LogP contribution in [0.2, 0.25) is 0 Å². The largest absolute Gasteiger partial charge is 0.444 e. The summed E-state index contributed by atoms with van der Waals surface area (Å²) in [6.45, 7) is 13.7. The maximum absolute atomic E-state index is 12.1. The number of nitrogens with zero attached hydrogens (tertiary/aromatic N) is 1. The lowest BCUT2D eigenvalue weighted by molar-refractivity contribution is 0.0164. The summed E-state index contributed by atoms with van der Waals surface area (Å²) in [6.07, 6.45) is 0.197. The van der Waals surface area contributed by atoms with E-state index in [0.29, 0.717) is 13.1 Å². The van der Waals surface area contributed by atoms with Crippen molar-refractivity contribution in [2.45, 2.75) is 72.5 Å². The SMILES string of the molecule is C[C@H](CNS(=O)(=O)NC(=O)OC(C)(C)C)C1CCN(C(=O)OC(C)(C)C)CC1. The average Bonchev–Trinajstić information content (AvgIpc) is 2.48. The van der Waals surface area contributed by atoms with Gasteiger partial charge in [0, 0.05) is 19.6 Å². The molecule has 0 unspecified atom stereocenters. The van der Waals surface area contributed by atoms with E-state index in [4.69, 9.17) is 9.47 Å². The van der Waals surface area contributed by atoms with E-state index in [-0.39, 0.29) is 24.5 Å². The smallest absolute Gasteiger partial charge is 0.422 e. The zero-order valence-electron chi connectivity index (χ0n) is 18.0. The van der Waals surface area contributed by atoms with E-state index in [0.717, 1.165) is 12.8 Å². The van der Waals surface area contributed by atoms with Gasteiger partial charge in [-0.15, -0.1) is 0 Å². The maximum atomic E-state index is 12.1. The second-order valence-electron chi connectivity index (χ2n) is 9.24. The Kier molecular flexibility index (Phi) is 8.13. The van der Waals surface area contributed by atoms with Gasteiger partial charge >= 0.3 is 22.4 Å². The first-order valence-corrected chi connectivity index (χ1v) is 11.0. The second kappa shape index (κ2) is 9.30. The Morgan fingerprint density at radius 2 is 1.54 bits per heavy atom. The Labute approximate surface area is 168 Å². The number of hydrogen-bond acceptors (Lipinski definition) is 6. The highest BCUT2D eigenvalue weighted by molar-refractivity contribution is 7.88. The molecule has 1 saturated heterocycles. The summed E-state index contributed by atoms with van der Waals surface area (Å²) in [5.74, 6) is 0.318. The highest BCUT2D eigenvalue weighted by atomic mass is 32.2. The normalized spacial score (nSPS) is 17.8. The fourth-order valence-corrected chi connectivity index (χ4v) is 3.65. The minimum absolute atomic E-state index is 0.0519. The second-order valence-corrected chi connectivity index (χ2v) is 10.7. The molecule has 0 aliphatic carbocycles. The predicted molar refractivity (Wildman–Crippen MR) is 106 cm³/mol. The summed E-state index contributed by atoms with van der Waals surface area (Å²) in [4.78, 5) is 25.4. The molecule has 0 spiro atoms. The molecule has 0 saturated carbocycles. The molecule has 1 rings (SSSR count). The van der Waals surface area contributed by atoms with Crippen LogP contribution in [0.1, 0.15) is 61.3 Å². The fraction of sp³-hybridized carbons (Fsp3) is 0.889. The van der Waals surface area contributed by atoms with Crippen molar-refractivity contribution < 1.29 is 27.5 Å². The van der Waals surface area contributed by atoms with Crippen LogP contribution in [0.15, 0.2) is 0 Å². The summed E-state index contributed by atoms with van der Waals surface area (Å²) in [6, 6.07) is 0. The molecule has 0 radical (unpaired) electrons. The number of nitrogens with one attached hydrogen (secondary N) is 2. The highest BCUT2D eigenvalue weighted by Crippen LogP contribution is 2.25. The zero-order chi connectivity index (χ0) is 21.8. The summed E-state index contributed by atoms with van der Waals surface area (Å²) in [5, 5.41) is 0. The fourth-order valence-electron chi connectivity index (χ4n) is 2.83. The van der Waals surface area contributed by atoms with E-state index in [1.807, 2.05) is 32.4 Å². The molecule has 0 bridgehead atoms. The lowest BCUT2D eigenvalue weighted by Crippen LogP contribution is -2.46. The first-order chi connectivity index (χ1) is 12.6. The minimum atomic E-state index is -3.99. The molecule has 9 nitrogen and oxygen atoms in total. The summed E-state index contributed by atoms with van der Waals surface area (Å²) < 4.78 is 38.6. The number of carbonyl (C=O) groups excluding carboxylic acids is 2. The van der Waals surface area contributed by atoms with Gasteiger partial charge in [0.1, 0.15) is 11.2 Å². The van der Waals surface area contributed by atoms with Crippen LogP contribution in [0.3, 0.4) is 0 Å². The molecular weight excluding hydrogens is 386 g/mol. The molecule has 0 aromatic carbocycles. The van der Waals surface area contributed by atoms with Crippen LogP contribution in [0.25, 0.3) is 0 Å². The van der Waals surface area contributed by atoms with Gasteiger partial charge in [-0.2, -0.15) is 13.1 Å². The molecule has 1 atom stereocenters. The number of amides is 2. The first kappa shape index (κ1) is 24.5. The van der Waals surface area contributed by atoms with E-state index in [2.05, 4.69) is 4.72 Å². The van der Waals surface area contributed by atoms with Crippen molar-refractivity contribution in [1.82, 2.24) is 14.3 Å². The molecule has 10 heteroatoms. The van der Waals surface area contributed by atoms with Gasteiger partial charge in [-0.25, -0.2) is 14.3 Å². The topological polar surface area (TPSA) is 114 Å². The minimum Gasteiger partial charge on any atom is -0.444 e. The molecule has 164 valence electrons. The molecule has 0 aromatic rings. The molecule has 0 aromatic heterocycles. The highest BCUT2D eigenvalue weighted by Gasteiger charge is 2.30. The Balaban J connectivity index is 2.43. The number of rotatable bonds is 5. The van der Waals surface area contributed by atoms with Gasteiger partial charge in [0.05, 0.1) is 0 Å². The standard InChI is InChI=1S/C18H35N3O6S/c1-13(12-19-28(24,25)20-15(22)26-17(2,3)4)14-8-10-21(11-9-14)16(23)27-18(5,6)7/h13-14,19H,8-12H2,1-7H3,(H,20,22)/t13-/m1/s1. The molecule has 2 N–H and O–H groups in total. The van der Waals surface area contributed by atoms with Crippen molar-refractivity contribution in [1.29, 1.82) is 0 Å². The van der Waals surface area contributed by atoms with Crippen molar-refractivity contribution in [3.05, 3.63) is 0 Å². The maximum Gasteiger partial charge on any atom is 0.422 e. The zero-order valence-corrected chi connectivity index (χ0v) is 18.8. The number of piperidine rings is 1. The van der Waals surface area contributed by atoms with E-state index in [1.165, 1.54) is 0 Å². The van der Waals surface area contributed by atoms with E-state index >= 15 is 0 Å². The van der Waals surface area contributed by atoms with Gasteiger partial charge in [-0.3, -0.25) is 0 Å². The van der Waals surface area contributed by atoms with E-state index in [1.54, 1.807) is 25.7 Å². The summed E-state index contributed by atoms with van der Waals surface area (Å²) >= 11 is 0. The van der Waals surface area contributed by atoms with Gasteiger partial charge in [-0.05, 0) is 66.2 Å². The van der Waals surface area contributed by atoms with Crippen LogP contribution in [-0.2, 0) is 19.7 Å². The predicted octanol–water partition coefficient (Wildman–Crippen LogP) is 2.63. The van der Waals surface area contributed by atoms with Crippen LogP contribution < -0.4 is 9.44 Å². The van der Waals surface area contributed by atoms with Crippen molar-refractivity contribution in [3.8, 4) is 0 Å². The number of ether oxygens (including phenoxy) is 2. The number of carbonyl (C=O) groups is 2. The van der Waals surface area contributed by atoms with Gasteiger partial charge in [0.25, 0.3) is 0 Å². The van der Waals surface area contributed by atoms with Crippen molar-refractivity contribution in [2.75, 3.05) is 19.6 Å². The number of hydrogen-bond donors (Lipinski definition) is 2. The Morgan fingerprint density at radius 1 is 1.04 bits per heavy atom. The van der Waals surface area contributed by atoms with Gasteiger partial charge < -0.3 is 14.4 Å². The molecular formula is C18H35N3O6S. The molecule has 2 amide bonds. The Hall–Kier alpha value is -1.55. The quantitative estimate of drug-likeness (QED) is 0.705. The molecule has 1 fully saturated rings. The van der Waals surface area contributed by atoms with Crippen molar-refractivity contribution in [3.63, 3.8) is 0 Å². The molecule has 1 heterocycles. The lowest BCUT2D eigenvalue weighted by atomic mass is 9.85. The van der Waals surface area contributed by atoms with Gasteiger partial charge in [0.2, 0.25) is 0 Å². The van der Waals surface area contributed by atoms with Crippen LogP contribution in [0.4, 0.5) is 9.59 Å². The van der Waals surface area contributed by atoms with Crippen LogP contribution in [0, 0.1) is 11.8 Å². The lowest BCUT2D eigenvalue weighted by Gasteiger charge is -2.35. The van der Waals surface area contributed by atoms with E-state index in [9.17, 15) is 18.0 Å². The Bertz CT molecular complexity index is 643. The number of likely N-dealkylation sites (tertiary alicyclic amines) is 1. The molecule has 28 heavy (non-hydrogen) atoms. The van der Waals surface area contributed by atoms with Crippen LogP contribution >= 0.6 is 0 Å². The summed E-state index contributed by atoms with van der Waals surface area (Å²) in [5.41, 5.74) is -1.31. The third-order valence-electron chi connectivity index (χ3n) is 4.21. The third-order valence-corrected chi connectivity index (χ3v) is 5.19. The van der Waals surface area contributed by atoms with E-state index < -0.39 is 27.5 Å². The van der Waals surface area contributed by atoms with Crippen molar-refractivity contribution in [2.24, 2.45) is 11.8 Å². The molecule has 1 aliphatic heterocycles. The summed E-state index contributed by atoms with van der Waals surface area (Å²) in [7, 11) is -3.99. The van der Waals surface area contributed by atoms with Crippen LogP contribution in [-0.4, -0.2) is 56.3 Å². The van der Waals surface area contributed by atoms with Gasteiger partial charge in [0.15, 0.2) is 0 Å². The third kappa shape index (κ3) is 9.59. The monoisotopic (exact) mass is 421 g/mol. The Morgan fingerprint density at radius 3 is 2.00 bits per heavy atom. The van der Waals surface area contributed by atoms with Gasteiger partial charge in [-0.1, -0.05) is 6.92 Å².